The number of H-pyrrole nitrogens is 1. The van der Waals surface area contributed by atoms with Crippen molar-refractivity contribution in [3.8, 4) is 10.4 Å². The van der Waals surface area contributed by atoms with Crippen LogP contribution in [0.2, 0.25) is 5.02 Å². The quantitative estimate of drug-likeness (QED) is 0.401. The number of amides is 1. The number of fused-ring (bicyclic) bond motifs is 1. The smallest absolute Gasteiger partial charge is 0.274 e. The van der Waals surface area contributed by atoms with Gasteiger partial charge < -0.3 is 9.88 Å². The molecule has 1 unspecified atom stereocenters. The Morgan fingerprint density at radius 3 is 2.84 bits per heavy atom. The van der Waals surface area contributed by atoms with Gasteiger partial charge in [0.1, 0.15) is 11.5 Å². The molecule has 0 aliphatic carbocycles. The van der Waals surface area contributed by atoms with E-state index in [0.717, 1.165) is 50.7 Å². The summed E-state index contributed by atoms with van der Waals surface area (Å²) in [6, 6.07) is 11.8. The number of imidazole rings is 1. The van der Waals surface area contributed by atoms with Crippen molar-refractivity contribution in [2.75, 3.05) is 6.54 Å². The summed E-state index contributed by atoms with van der Waals surface area (Å²) in [5.41, 5.74) is 5.77. The Kier molecular flexibility index (Phi) is 5.07. The number of hydrogen-bond acceptors (Lipinski definition) is 4. The van der Waals surface area contributed by atoms with Crippen LogP contribution >= 0.6 is 22.9 Å². The van der Waals surface area contributed by atoms with Crippen LogP contribution in [-0.4, -0.2) is 32.3 Å². The monoisotopic (exact) mass is 450 g/mol. The Balaban J connectivity index is 1.52. The van der Waals surface area contributed by atoms with Crippen molar-refractivity contribution in [2.45, 2.75) is 39.7 Å². The molecule has 158 valence electrons. The van der Waals surface area contributed by atoms with E-state index in [1.165, 1.54) is 16.9 Å². The maximum absolute atomic E-state index is 13.7. The zero-order valence-corrected chi connectivity index (χ0v) is 19.3. The number of hydrogen-bond donors (Lipinski definition) is 1. The number of aromatic nitrogens is 3. The normalized spacial score (nSPS) is 16.4. The summed E-state index contributed by atoms with van der Waals surface area (Å²) in [6.45, 7) is 6.79. The van der Waals surface area contributed by atoms with E-state index in [9.17, 15) is 4.79 Å². The van der Waals surface area contributed by atoms with Gasteiger partial charge in [0.2, 0.25) is 0 Å². The molecule has 1 atom stereocenters. The number of nitrogens with zero attached hydrogens (tertiary/aromatic N) is 3. The lowest BCUT2D eigenvalue weighted by Gasteiger charge is -2.22. The van der Waals surface area contributed by atoms with E-state index < -0.39 is 0 Å². The molecule has 1 N–H and O–H groups in total. The van der Waals surface area contributed by atoms with Crippen molar-refractivity contribution in [2.24, 2.45) is 0 Å². The van der Waals surface area contributed by atoms with Crippen LogP contribution in [0.15, 0.2) is 36.4 Å². The van der Waals surface area contributed by atoms with E-state index in [1.807, 2.05) is 36.1 Å². The molecule has 1 fully saturated rings. The van der Waals surface area contributed by atoms with Crippen LogP contribution in [0.4, 0.5) is 0 Å². The average molecular weight is 451 g/mol. The number of likely N-dealkylation sites (tertiary alicyclic amines) is 1. The van der Waals surface area contributed by atoms with Gasteiger partial charge in [-0.15, -0.1) is 11.3 Å². The van der Waals surface area contributed by atoms with Gasteiger partial charge in [0.25, 0.3) is 5.91 Å². The zero-order chi connectivity index (χ0) is 21.7. The second-order valence-corrected chi connectivity index (χ2v) is 9.82. The third-order valence-corrected chi connectivity index (χ3v) is 7.05. The molecule has 7 heteroatoms. The predicted molar refractivity (Wildman–Crippen MR) is 126 cm³/mol. The van der Waals surface area contributed by atoms with E-state index in [-0.39, 0.29) is 11.9 Å². The van der Waals surface area contributed by atoms with Gasteiger partial charge in [-0.1, -0.05) is 29.8 Å². The number of benzene rings is 2. The highest BCUT2D eigenvalue weighted by atomic mass is 35.5. The van der Waals surface area contributed by atoms with Gasteiger partial charge >= 0.3 is 0 Å². The lowest BCUT2D eigenvalue weighted by Crippen LogP contribution is -2.31. The van der Waals surface area contributed by atoms with Crippen molar-refractivity contribution in [3.05, 3.63) is 69.1 Å². The first-order valence-electron chi connectivity index (χ1n) is 10.4. The minimum atomic E-state index is -0.0752. The first kappa shape index (κ1) is 20.2. The fourth-order valence-electron chi connectivity index (χ4n) is 4.48. The molecule has 0 saturated carbocycles. The number of aromatic amines is 1. The van der Waals surface area contributed by atoms with E-state index >= 15 is 0 Å². The number of nitrogens with one attached hydrogen (secondary N) is 1. The van der Waals surface area contributed by atoms with Crippen molar-refractivity contribution in [1.82, 2.24) is 19.9 Å². The molecule has 4 aromatic rings. The minimum absolute atomic E-state index is 0.0461. The summed E-state index contributed by atoms with van der Waals surface area (Å²) in [4.78, 5) is 29.4. The predicted octanol–water partition coefficient (Wildman–Crippen LogP) is 6.24. The third kappa shape index (κ3) is 3.64. The molecule has 0 spiro atoms. The number of aryl methyl sites for hydroxylation is 3. The lowest BCUT2D eigenvalue weighted by molar-refractivity contribution is 0.0726. The fraction of sp³-hybridized carbons (Fsp3) is 0.292. The van der Waals surface area contributed by atoms with E-state index in [1.54, 1.807) is 0 Å². The summed E-state index contributed by atoms with van der Waals surface area (Å²) in [5.74, 6) is 0.806. The topological polar surface area (TPSA) is 61.9 Å². The molecule has 3 heterocycles. The molecule has 1 aliphatic heterocycles. The first-order chi connectivity index (χ1) is 14.9. The van der Waals surface area contributed by atoms with Gasteiger partial charge in [0, 0.05) is 11.6 Å². The van der Waals surface area contributed by atoms with Crippen LogP contribution < -0.4 is 0 Å². The molecule has 2 aromatic heterocycles. The largest absolute Gasteiger partial charge is 0.340 e. The van der Waals surface area contributed by atoms with Crippen molar-refractivity contribution in [3.63, 3.8) is 0 Å². The number of halogens is 1. The van der Waals surface area contributed by atoms with Crippen molar-refractivity contribution < 1.29 is 4.79 Å². The average Bonchev–Trinajstić information content (AvgIpc) is 3.44. The zero-order valence-electron chi connectivity index (χ0n) is 17.7. The Morgan fingerprint density at radius 1 is 1.19 bits per heavy atom. The van der Waals surface area contributed by atoms with Gasteiger partial charge in [0.15, 0.2) is 0 Å². The summed E-state index contributed by atoms with van der Waals surface area (Å²) in [5, 5.41) is 1.51. The molecule has 31 heavy (non-hydrogen) atoms. The van der Waals surface area contributed by atoms with Crippen LogP contribution in [0.1, 0.15) is 51.3 Å². The lowest BCUT2D eigenvalue weighted by atomic mass is 10.1. The van der Waals surface area contributed by atoms with Gasteiger partial charge in [-0.25, -0.2) is 9.97 Å². The summed E-state index contributed by atoms with van der Waals surface area (Å²) >= 11 is 7.73. The van der Waals surface area contributed by atoms with Crippen LogP contribution in [0.25, 0.3) is 21.5 Å². The molecule has 1 aliphatic rings. The first-order valence-corrected chi connectivity index (χ1v) is 11.6. The molecule has 2 aromatic carbocycles. The van der Waals surface area contributed by atoms with Gasteiger partial charge in [-0.3, -0.25) is 4.79 Å². The van der Waals surface area contributed by atoms with Crippen molar-refractivity contribution in [1.29, 1.82) is 0 Å². The molecule has 5 rings (SSSR count). The number of thiazole rings is 1. The molecule has 0 bridgehead atoms. The van der Waals surface area contributed by atoms with Crippen LogP contribution in [0.5, 0.6) is 0 Å². The molecule has 0 radical (unpaired) electrons. The second-order valence-electron chi connectivity index (χ2n) is 8.18. The molecule has 1 amide bonds. The Bertz CT molecular complexity index is 1310. The highest BCUT2D eigenvalue weighted by Crippen LogP contribution is 2.37. The molecule has 5 nitrogen and oxygen atoms in total. The summed E-state index contributed by atoms with van der Waals surface area (Å²) in [7, 11) is 0. The SMILES string of the molecule is Cc1cc(C)c2nc(C3CCCN3C(=O)c3nc(C)sc3-c3cccc(Cl)c3)[nH]c2c1. The van der Waals surface area contributed by atoms with Crippen LogP contribution in [0, 0.1) is 20.8 Å². The third-order valence-electron chi connectivity index (χ3n) is 5.79. The van der Waals surface area contributed by atoms with E-state index in [4.69, 9.17) is 16.6 Å². The van der Waals surface area contributed by atoms with E-state index in [0.29, 0.717) is 17.3 Å². The molecular formula is C24H23ClN4OS. The van der Waals surface area contributed by atoms with Gasteiger partial charge in [-0.2, -0.15) is 0 Å². The Labute approximate surface area is 190 Å². The van der Waals surface area contributed by atoms with Gasteiger partial charge in [0.05, 0.1) is 27.0 Å². The summed E-state index contributed by atoms with van der Waals surface area (Å²) < 4.78 is 0. The molecule has 1 saturated heterocycles. The standard InChI is InChI=1S/C24H23ClN4OS/c1-13-10-14(2)20-18(11-13)27-23(28-20)19-8-5-9-29(19)24(30)21-22(31-15(3)26-21)16-6-4-7-17(25)12-16/h4,6-7,10-12,19H,5,8-9H2,1-3H3,(H,27,28). The second kappa shape index (κ2) is 7.77. The van der Waals surface area contributed by atoms with Gasteiger partial charge in [-0.05, 0) is 68.5 Å². The maximum Gasteiger partial charge on any atom is 0.274 e. The number of carbonyl (C=O) groups excluding carboxylic acids is 1. The Hall–Kier alpha value is -2.70. The van der Waals surface area contributed by atoms with Crippen LogP contribution in [-0.2, 0) is 0 Å². The fourth-order valence-corrected chi connectivity index (χ4v) is 5.57. The van der Waals surface area contributed by atoms with Crippen LogP contribution in [0.3, 0.4) is 0 Å². The highest BCUT2D eigenvalue weighted by molar-refractivity contribution is 7.15. The highest BCUT2D eigenvalue weighted by Gasteiger charge is 2.35. The van der Waals surface area contributed by atoms with E-state index in [2.05, 4.69) is 35.9 Å². The number of carbonyl (C=O) groups is 1. The summed E-state index contributed by atoms with van der Waals surface area (Å²) in [6.07, 6.45) is 1.83. The Morgan fingerprint density at radius 2 is 2.03 bits per heavy atom. The van der Waals surface area contributed by atoms with Crippen molar-refractivity contribution >= 4 is 39.9 Å². The minimum Gasteiger partial charge on any atom is -0.340 e. The number of rotatable bonds is 3. The maximum atomic E-state index is 13.7. The molecular weight excluding hydrogens is 428 g/mol.